The van der Waals surface area contributed by atoms with Crippen molar-refractivity contribution in [1.82, 2.24) is 24.3 Å². The molecular weight excluding hydrogens is 550 g/mol. The van der Waals surface area contributed by atoms with Crippen LogP contribution in [0.25, 0.3) is 16.6 Å². The Hall–Kier alpha value is -4.69. The number of anilines is 2. The number of carbonyl (C=O) groups excluding carboxylic acids is 2. The number of nitrogens with zero attached hydrogens (tertiary/aromatic N) is 6. The molecule has 0 radical (unpaired) electrons. The van der Waals surface area contributed by atoms with Gasteiger partial charge in [0.05, 0.1) is 5.39 Å². The summed E-state index contributed by atoms with van der Waals surface area (Å²) in [7, 11) is 3.14. The maximum Gasteiger partial charge on any atom is 0.431 e. The molecule has 0 bridgehead atoms. The first-order valence-electron chi connectivity index (χ1n) is 12.5. The normalized spacial score (nSPS) is 13.8. The van der Waals surface area contributed by atoms with E-state index in [1.807, 2.05) is 0 Å². The van der Waals surface area contributed by atoms with E-state index in [1.165, 1.54) is 9.80 Å². The topological polar surface area (TPSA) is 124 Å². The molecule has 1 saturated heterocycles. The number of benzene rings is 1. The lowest BCUT2D eigenvalue weighted by Gasteiger charge is -2.35. The minimum absolute atomic E-state index is 0.0188. The zero-order valence-electron chi connectivity index (χ0n) is 22.2. The van der Waals surface area contributed by atoms with Gasteiger partial charge in [-0.1, -0.05) is 12.6 Å². The summed E-state index contributed by atoms with van der Waals surface area (Å²) in [5, 5.41) is 12.8. The Morgan fingerprint density at radius 3 is 2.44 bits per heavy atom. The lowest BCUT2D eigenvalue weighted by Crippen LogP contribution is -2.48. The van der Waals surface area contributed by atoms with Gasteiger partial charge < -0.3 is 25.1 Å². The van der Waals surface area contributed by atoms with Gasteiger partial charge in [-0.3, -0.25) is 19.0 Å². The van der Waals surface area contributed by atoms with E-state index in [9.17, 15) is 37.1 Å². The first kappa shape index (κ1) is 29.3. The number of pyridine rings is 1. The van der Waals surface area contributed by atoms with E-state index in [4.69, 9.17) is 0 Å². The van der Waals surface area contributed by atoms with Gasteiger partial charge in [0.25, 0.3) is 5.56 Å². The molecule has 0 saturated carbocycles. The maximum atomic E-state index is 14.8. The minimum Gasteiger partial charge on any atom is -0.506 e. The van der Waals surface area contributed by atoms with E-state index in [1.54, 1.807) is 19.0 Å². The van der Waals surface area contributed by atoms with Crippen LogP contribution in [-0.2, 0) is 15.8 Å². The van der Waals surface area contributed by atoms with Gasteiger partial charge in [0.1, 0.15) is 28.5 Å². The molecular formula is C26H27F4N7O4. The summed E-state index contributed by atoms with van der Waals surface area (Å²) in [5.74, 6) is -2.82. The molecule has 1 aromatic carbocycles. The zero-order valence-corrected chi connectivity index (χ0v) is 22.2. The predicted molar refractivity (Wildman–Crippen MR) is 143 cm³/mol. The van der Waals surface area contributed by atoms with Crippen LogP contribution in [0, 0.1) is 5.82 Å². The Kier molecular flexibility index (Phi) is 8.17. The summed E-state index contributed by atoms with van der Waals surface area (Å²) < 4.78 is 57.8. The highest BCUT2D eigenvalue weighted by Gasteiger charge is 2.38. The van der Waals surface area contributed by atoms with Crippen LogP contribution in [0.5, 0.6) is 5.75 Å². The average Bonchev–Trinajstić information content (AvgIpc) is 2.92. The molecule has 2 N–H and O–H groups in total. The summed E-state index contributed by atoms with van der Waals surface area (Å²) in [4.78, 5) is 50.7. The molecule has 1 fully saturated rings. The van der Waals surface area contributed by atoms with Gasteiger partial charge in [-0.15, -0.1) is 0 Å². The Labute approximate surface area is 231 Å². The van der Waals surface area contributed by atoms with E-state index in [0.717, 1.165) is 24.3 Å². The van der Waals surface area contributed by atoms with Crippen molar-refractivity contribution in [2.24, 2.45) is 0 Å². The number of rotatable bonds is 7. The third-order valence-electron chi connectivity index (χ3n) is 6.52. The molecule has 41 heavy (non-hydrogen) atoms. The quantitative estimate of drug-likeness (QED) is 0.324. The van der Waals surface area contributed by atoms with Gasteiger partial charge in [0, 0.05) is 53.2 Å². The number of para-hydroxylation sites is 1. The van der Waals surface area contributed by atoms with E-state index < -0.39 is 40.2 Å². The van der Waals surface area contributed by atoms with Crippen LogP contribution in [0.1, 0.15) is 12.1 Å². The van der Waals surface area contributed by atoms with Crippen LogP contribution in [0.2, 0.25) is 0 Å². The largest absolute Gasteiger partial charge is 0.506 e. The fourth-order valence-corrected chi connectivity index (χ4v) is 4.42. The maximum absolute atomic E-state index is 14.8. The third kappa shape index (κ3) is 5.93. The second kappa shape index (κ2) is 11.4. The lowest BCUT2D eigenvalue weighted by molar-refractivity contribution is -0.142. The molecule has 15 heteroatoms. The minimum atomic E-state index is -5.14. The van der Waals surface area contributed by atoms with Crippen LogP contribution in [0.4, 0.5) is 29.3 Å². The fourth-order valence-electron chi connectivity index (χ4n) is 4.42. The van der Waals surface area contributed by atoms with Crippen molar-refractivity contribution in [2.75, 3.05) is 57.0 Å². The van der Waals surface area contributed by atoms with Gasteiger partial charge in [-0.25, -0.2) is 9.37 Å². The number of phenols is 1. The van der Waals surface area contributed by atoms with E-state index in [0.29, 0.717) is 6.07 Å². The summed E-state index contributed by atoms with van der Waals surface area (Å²) in [6, 6.07) is 3.50. The zero-order chi connectivity index (χ0) is 30.1. The molecule has 1 aliphatic heterocycles. The Bertz CT molecular complexity index is 1540. The standard InChI is InChI=1S/C26H27F4N7O4/c1-4-19(39)35-10-12-36(13-11-35)23-15-14-18(26(28,29)30)37(22-16(27)6-5-7-17(22)38)24(41)21(15)32-25(33-23)31-9-8-20(40)34(2)3/h4-7,14,38H,1,8-13H2,2-3H3,(H,31,32,33). The number of alkyl halides is 3. The van der Waals surface area contributed by atoms with Crippen molar-refractivity contribution in [3.05, 3.63) is 58.8 Å². The van der Waals surface area contributed by atoms with Crippen molar-refractivity contribution < 1.29 is 32.3 Å². The molecule has 0 unspecified atom stereocenters. The number of piperazine rings is 1. The summed E-state index contributed by atoms with van der Waals surface area (Å²) in [6.45, 7) is 4.27. The van der Waals surface area contributed by atoms with E-state index in [2.05, 4.69) is 21.9 Å². The van der Waals surface area contributed by atoms with Crippen LogP contribution < -0.4 is 15.8 Å². The predicted octanol–water partition coefficient (Wildman–Crippen LogP) is 2.37. The van der Waals surface area contributed by atoms with Crippen molar-refractivity contribution in [1.29, 1.82) is 0 Å². The fraction of sp³-hybridized carbons (Fsp3) is 0.346. The SMILES string of the molecule is C=CC(=O)N1CCN(c2nc(NCCC(=O)N(C)C)nc3c(=O)n(-c4c(O)cccc4F)c(C(F)(F)F)cc23)CC1. The summed E-state index contributed by atoms with van der Waals surface area (Å²) >= 11 is 0. The van der Waals surface area contributed by atoms with Crippen LogP contribution in [-0.4, -0.2) is 88.1 Å². The third-order valence-corrected chi connectivity index (χ3v) is 6.52. The van der Waals surface area contributed by atoms with Gasteiger partial charge in [-0.05, 0) is 24.3 Å². The monoisotopic (exact) mass is 577 g/mol. The number of aromatic hydroxyl groups is 1. The number of nitrogens with one attached hydrogen (secondary N) is 1. The molecule has 3 heterocycles. The highest BCUT2D eigenvalue weighted by Crippen LogP contribution is 2.36. The number of fused-ring (bicyclic) bond motifs is 1. The Morgan fingerprint density at radius 2 is 1.85 bits per heavy atom. The molecule has 3 aromatic rings. The molecule has 2 aromatic heterocycles. The van der Waals surface area contributed by atoms with E-state index in [-0.39, 0.29) is 72.7 Å². The number of amides is 2. The average molecular weight is 578 g/mol. The van der Waals surface area contributed by atoms with Crippen LogP contribution >= 0.6 is 0 Å². The first-order valence-corrected chi connectivity index (χ1v) is 12.5. The summed E-state index contributed by atoms with van der Waals surface area (Å²) in [6.07, 6.45) is -3.95. The van der Waals surface area contributed by atoms with Gasteiger partial charge in [0.2, 0.25) is 17.8 Å². The van der Waals surface area contributed by atoms with Crippen LogP contribution in [0.15, 0.2) is 41.7 Å². The first-order chi connectivity index (χ1) is 19.3. The highest BCUT2D eigenvalue weighted by molar-refractivity contribution is 5.91. The lowest BCUT2D eigenvalue weighted by atomic mass is 10.1. The molecule has 4 rings (SSSR count). The second-order valence-corrected chi connectivity index (χ2v) is 9.39. The molecule has 0 aliphatic carbocycles. The van der Waals surface area contributed by atoms with Crippen molar-refractivity contribution in [3.8, 4) is 11.4 Å². The molecule has 218 valence electrons. The molecule has 2 amide bonds. The van der Waals surface area contributed by atoms with Crippen molar-refractivity contribution in [3.63, 3.8) is 0 Å². The number of phenolic OH excluding ortho intramolecular Hbond substituents is 1. The Morgan fingerprint density at radius 1 is 1.17 bits per heavy atom. The number of aromatic nitrogens is 3. The van der Waals surface area contributed by atoms with E-state index >= 15 is 0 Å². The van der Waals surface area contributed by atoms with Gasteiger partial charge >= 0.3 is 6.18 Å². The molecule has 1 aliphatic rings. The molecule has 0 atom stereocenters. The summed E-state index contributed by atoms with van der Waals surface area (Å²) in [5.41, 5.74) is -4.34. The van der Waals surface area contributed by atoms with Crippen molar-refractivity contribution >= 4 is 34.5 Å². The number of halogens is 4. The van der Waals surface area contributed by atoms with Crippen LogP contribution in [0.3, 0.4) is 0 Å². The smallest absolute Gasteiger partial charge is 0.431 e. The van der Waals surface area contributed by atoms with Crippen molar-refractivity contribution in [2.45, 2.75) is 12.6 Å². The van der Waals surface area contributed by atoms with Gasteiger partial charge in [0.15, 0.2) is 5.82 Å². The number of hydrogen-bond acceptors (Lipinski definition) is 8. The second-order valence-electron chi connectivity index (χ2n) is 9.39. The number of hydrogen-bond donors (Lipinski definition) is 2. The Balaban J connectivity index is 1.92. The number of carbonyl (C=O) groups is 2. The highest BCUT2D eigenvalue weighted by atomic mass is 19.4. The molecule has 11 nitrogen and oxygen atoms in total. The molecule has 0 spiro atoms. The van der Waals surface area contributed by atoms with Gasteiger partial charge in [-0.2, -0.15) is 18.2 Å².